The van der Waals surface area contributed by atoms with Gasteiger partial charge in [0.15, 0.2) is 0 Å². The third kappa shape index (κ3) is 6.34. The molecule has 1 N–H and O–H groups in total. The molecular formula is C25H33N3O5S. The van der Waals surface area contributed by atoms with Gasteiger partial charge in [-0.05, 0) is 43.8 Å². The summed E-state index contributed by atoms with van der Waals surface area (Å²) in [5.74, 6) is 6.01. The number of likely N-dealkylation sites (N-methyl/N-ethyl adjacent to an activating group) is 1. The maximum atomic E-state index is 13.5. The molecule has 0 saturated heterocycles. The number of pyridine rings is 1. The first-order valence-electron chi connectivity index (χ1n) is 11.2. The molecule has 2 aromatic rings. The normalized spacial score (nSPS) is 20.9. The molecule has 0 amide bonds. The van der Waals surface area contributed by atoms with Crippen LogP contribution in [0.1, 0.15) is 25.0 Å². The molecule has 1 aromatic carbocycles. The Morgan fingerprint density at radius 2 is 2.18 bits per heavy atom. The van der Waals surface area contributed by atoms with Crippen molar-refractivity contribution in [1.29, 1.82) is 0 Å². The minimum Gasteiger partial charge on any atom is -0.487 e. The highest BCUT2D eigenvalue weighted by Crippen LogP contribution is 2.34. The van der Waals surface area contributed by atoms with E-state index in [4.69, 9.17) is 9.47 Å². The van der Waals surface area contributed by atoms with Crippen molar-refractivity contribution in [1.82, 2.24) is 14.2 Å². The van der Waals surface area contributed by atoms with Gasteiger partial charge in [0.05, 0.1) is 6.61 Å². The van der Waals surface area contributed by atoms with Gasteiger partial charge in [-0.3, -0.25) is 9.88 Å². The van der Waals surface area contributed by atoms with Crippen LogP contribution in [0.3, 0.4) is 0 Å². The van der Waals surface area contributed by atoms with Gasteiger partial charge in [-0.15, -0.1) is 0 Å². The summed E-state index contributed by atoms with van der Waals surface area (Å²) in [5.41, 5.74) is 1.72. The van der Waals surface area contributed by atoms with E-state index in [1.165, 1.54) is 10.4 Å². The molecule has 1 aliphatic rings. The summed E-state index contributed by atoms with van der Waals surface area (Å²) in [6.45, 7) is 5.19. The van der Waals surface area contributed by atoms with Crippen LogP contribution in [0.25, 0.3) is 0 Å². The van der Waals surface area contributed by atoms with Crippen LogP contribution < -0.4 is 4.74 Å². The molecule has 184 valence electrons. The molecule has 3 atom stereocenters. The molecular weight excluding hydrogens is 454 g/mol. The van der Waals surface area contributed by atoms with Crippen molar-refractivity contribution < 1.29 is 23.0 Å². The first-order valence-corrected chi connectivity index (χ1v) is 12.7. The Bertz CT molecular complexity index is 1110. The standard InChI is InChI=1S/C25H33N3O5S/c1-19-15-28(20(2)18-29)34(30,31)25-10-9-21(8-6-12-32-4)13-23(25)33-24(19)17-27(3)16-22-7-5-11-26-14-22/h5,7,9-11,13-14,19-20,24,29H,12,15-18H2,1-4H3/t19-,20+,24+/m1/s1. The smallest absolute Gasteiger partial charge is 0.247 e. The summed E-state index contributed by atoms with van der Waals surface area (Å²) < 4.78 is 39.8. The lowest BCUT2D eigenvalue weighted by Gasteiger charge is -2.37. The quantitative estimate of drug-likeness (QED) is 0.597. The van der Waals surface area contributed by atoms with Gasteiger partial charge in [-0.2, -0.15) is 4.31 Å². The fourth-order valence-corrected chi connectivity index (χ4v) is 5.73. The summed E-state index contributed by atoms with van der Waals surface area (Å²) in [4.78, 5) is 6.39. The Morgan fingerprint density at radius 1 is 1.38 bits per heavy atom. The Morgan fingerprint density at radius 3 is 2.85 bits per heavy atom. The van der Waals surface area contributed by atoms with Gasteiger partial charge >= 0.3 is 0 Å². The van der Waals surface area contributed by atoms with Crippen LogP contribution in [0.4, 0.5) is 0 Å². The second-order valence-electron chi connectivity index (χ2n) is 8.69. The summed E-state index contributed by atoms with van der Waals surface area (Å²) in [6.07, 6.45) is 3.29. The number of ether oxygens (including phenoxy) is 2. The number of sulfonamides is 1. The Labute approximate surface area is 202 Å². The van der Waals surface area contributed by atoms with Gasteiger partial charge in [-0.25, -0.2) is 8.42 Å². The average molecular weight is 488 g/mol. The van der Waals surface area contributed by atoms with E-state index < -0.39 is 16.1 Å². The minimum atomic E-state index is -3.88. The number of aromatic nitrogens is 1. The lowest BCUT2D eigenvalue weighted by molar-refractivity contribution is 0.0733. The Balaban J connectivity index is 1.97. The van der Waals surface area contributed by atoms with E-state index in [1.54, 1.807) is 32.4 Å². The number of aliphatic hydroxyl groups is 1. The molecule has 0 unspecified atom stereocenters. The van der Waals surface area contributed by atoms with E-state index in [9.17, 15) is 13.5 Å². The van der Waals surface area contributed by atoms with Gasteiger partial charge in [0.2, 0.25) is 10.0 Å². The van der Waals surface area contributed by atoms with Crippen LogP contribution in [0.2, 0.25) is 0 Å². The molecule has 0 aliphatic carbocycles. The molecule has 34 heavy (non-hydrogen) atoms. The van der Waals surface area contributed by atoms with E-state index in [0.29, 0.717) is 18.7 Å². The average Bonchev–Trinajstić information content (AvgIpc) is 2.81. The largest absolute Gasteiger partial charge is 0.487 e. The van der Waals surface area contributed by atoms with Crippen molar-refractivity contribution in [2.45, 2.75) is 37.4 Å². The Kier molecular flexibility index (Phi) is 9.05. The van der Waals surface area contributed by atoms with Gasteiger partial charge in [0.25, 0.3) is 0 Å². The van der Waals surface area contributed by atoms with Crippen molar-refractivity contribution in [2.24, 2.45) is 5.92 Å². The number of fused-ring (bicyclic) bond motifs is 1. The number of benzene rings is 1. The van der Waals surface area contributed by atoms with E-state index in [-0.39, 0.29) is 42.4 Å². The fraction of sp³-hybridized carbons (Fsp3) is 0.480. The minimum absolute atomic E-state index is 0.0805. The van der Waals surface area contributed by atoms with Crippen LogP contribution in [0.5, 0.6) is 5.75 Å². The lowest BCUT2D eigenvalue weighted by Crippen LogP contribution is -2.49. The number of nitrogens with zero attached hydrogens (tertiary/aromatic N) is 3. The molecule has 2 heterocycles. The maximum Gasteiger partial charge on any atom is 0.247 e. The highest BCUT2D eigenvalue weighted by atomic mass is 32.2. The first-order chi connectivity index (χ1) is 16.3. The monoisotopic (exact) mass is 487 g/mol. The summed E-state index contributed by atoms with van der Waals surface area (Å²) in [5, 5.41) is 9.77. The zero-order valence-corrected chi connectivity index (χ0v) is 21.0. The van der Waals surface area contributed by atoms with Crippen molar-refractivity contribution >= 4 is 10.0 Å². The predicted octanol–water partition coefficient (Wildman–Crippen LogP) is 1.98. The first kappa shape index (κ1) is 26.1. The van der Waals surface area contributed by atoms with E-state index in [0.717, 1.165) is 5.56 Å². The third-order valence-electron chi connectivity index (χ3n) is 5.78. The van der Waals surface area contributed by atoms with Gasteiger partial charge in [-0.1, -0.05) is 24.8 Å². The van der Waals surface area contributed by atoms with Crippen LogP contribution in [0, 0.1) is 17.8 Å². The molecule has 0 fully saturated rings. The van der Waals surface area contributed by atoms with E-state index >= 15 is 0 Å². The second-order valence-corrected chi connectivity index (χ2v) is 10.6. The zero-order chi connectivity index (χ0) is 24.7. The van der Waals surface area contributed by atoms with Crippen LogP contribution >= 0.6 is 0 Å². The molecule has 0 saturated carbocycles. The molecule has 0 spiro atoms. The molecule has 0 bridgehead atoms. The second kappa shape index (κ2) is 11.8. The number of methoxy groups -OCH3 is 1. The third-order valence-corrected chi connectivity index (χ3v) is 7.80. The number of aliphatic hydroxyl groups excluding tert-OH is 1. The van der Waals surface area contributed by atoms with Crippen LogP contribution in [-0.2, 0) is 21.3 Å². The fourth-order valence-electron chi connectivity index (χ4n) is 3.91. The maximum absolute atomic E-state index is 13.5. The highest BCUT2D eigenvalue weighted by molar-refractivity contribution is 7.89. The van der Waals surface area contributed by atoms with Crippen LogP contribution in [0.15, 0.2) is 47.6 Å². The SMILES string of the molecule is COCC#Cc1ccc2c(c1)O[C@@H](CN(C)Cc1cccnc1)[C@H](C)CN([C@@H](C)CO)S2(=O)=O. The van der Waals surface area contributed by atoms with Gasteiger partial charge in [0, 0.05) is 56.7 Å². The van der Waals surface area contributed by atoms with Crippen molar-refractivity contribution in [3.63, 3.8) is 0 Å². The lowest BCUT2D eigenvalue weighted by atomic mass is 10.0. The number of hydrogen-bond acceptors (Lipinski definition) is 7. The Hall–Kier alpha value is -2.48. The summed E-state index contributed by atoms with van der Waals surface area (Å²) >= 11 is 0. The van der Waals surface area contributed by atoms with E-state index in [1.807, 2.05) is 32.3 Å². The predicted molar refractivity (Wildman–Crippen MR) is 130 cm³/mol. The number of hydrogen-bond donors (Lipinski definition) is 1. The van der Waals surface area contributed by atoms with Crippen molar-refractivity contribution in [3.05, 3.63) is 53.9 Å². The molecule has 9 heteroatoms. The topological polar surface area (TPSA) is 92.2 Å². The summed E-state index contributed by atoms with van der Waals surface area (Å²) in [6, 6.07) is 8.23. The highest BCUT2D eigenvalue weighted by Gasteiger charge is 2.38. The molecule has 0 radical (unpaired) electrons. The van der Waals surface area contributed by atoms with Gasteiger partial charge in [0.1, 0.15) is 23.4 Å². The van der Waals surface area contributed by atoms with Crippen LogP contribution in [-0.4, -0.2) is 80.3 Å². The van der Waals surface area contributed by atoms with Crippen molar-refractivity contribution in [2.75, 3.05) is 40.5 Å². The van der Waals surface area contributed by atoms with Gasteiger partial charge < -0.3 is 14.6 Å². The molecule has 1 aliphatic heterocycles. The van der Waals surface area contributed by atoms with Crippen molar-refractivity contribution in [3.8, 4) is 17.6 Å². The summed E-state index contributed by atoms with van der Waals surface area (Å²) in [7, 11) is -0.310. The van der Waals surface area contributed by atoms with E-state index in [2.05, 4.69) is 21.7 Å². The molecule has 3 rings (SSSR count). The zero-order valence-electron chi connectivity index (χ0n) is 20.1. The molecule has 8 nitrogen and oxygen atoms in total. The molecule has 1 aromatic heterocycles. The number of rotatable bonds is 7.